The third-order valence-electron chi connectivity index (χ3n) is 4.59. The molecule has 2 N–H and O–H groups in total. The number of carbonyl (C=O) groups excluding carboxylic acids is 1. The molecule has 0 unspecified atom stereocenters. The molecule has 3 rings (SSSR count). The van der Waals surface area contributed by atoms with E-state index in [-0.39, 0.29) is 12.5 Å². The first kappa shape index (κ1) is 19.5. The Morgan fingerprint density at radius 2 is 1.61 bits per heavy atom. The highest BCUT2D eigenvalue weighted by atomic mass is 16.1. The number of hydrogen-bond acceptors (Lipinski definition) is 3. The molecule has 0 saturated carbocycles. The average molecular weight is 374 g/mol. The van der Waals surface area contributed by atoms with Crippen molar-refractivity contribution in [2.45, 2.75) is 20.0 Å². The molecular formula is C24H27N3O. The molecule has 0 heterocycles. The molecule has 0 saturated heterocycles. The van der Waals surface area contributed by atoms with E-state index in [9.17, 15) is 4.79 Å². The fourth-order valence-electron chi connectivity index (χ4n) is 3.16. The molecule has 0 aliphatic carbocycles. The highest BCUT2D eigenvalue weighted by Crippen LogP contribution is 2.25. The lowest BCUT2D eigenvalue weighted by Gasteiger charge is -2.23. The Kier molecular flexibility index (Phi) is 6.68. The van der Waals surface area contributed by atoms with E-state index in [1.807, 2.05) is 48.5 Å². The topological polar surface area (TPSA) is 44.4 Å². The molecule has 0 atom stereocenters. The van der Waals surface area contributed by atoms with Crippen LogP contribution in [-0.2, 0) is 17.9 Å². The SMILES string of the molecule is Cc1cccc(CNC(=O)CNc2ccccc2N(C)Cc2ccccc2)c1. The number of aryl methyl sites for hydroxylation is 1. The first-order valence-corrected chi connectivity index (χ1v) is 9.52. The zero-order valence-electron chi connectivity index (χ0n) is 16.5. The summed E-state index contributed by atoms with van der Waals surface area (Å²) in [5, 5.41) is 6.24. The van der Waals surface area contributed by atoms with Crippen molar-refractivity contribution >= 4 is 17.3 Å². The molecule has 4 nitrogen and oxygen atoms in total. The highest BCUT2D eigenvalue weighted by Gasteiger charge is 2.09. The van der Waals surface area contributed by atoms with E-state index in [2.05, 4.69) is 59.8 Å². The average Bonchev–Trinajstić information content (AvgIpc) is 2.72. The predicted octanol–water partition coefficient (Wildman–Crippen LogP) is 4.36. The zero-order chi connectivity index (χ0) is 19.8. The molecule has 3 aromatic carbocycles. The second-order valence-corrected chi connectivity index (χ2v) is 6.98. The van der Waals surface area contributed by atoms with Crippen LogP contribution in [0.4, 0.5) is 11.4 Å². The molecule has 3 aromatic rings. The number of benzene rings is 3. The summed E-state index contributed by atoms with van der Waals surface area (Å²) in [6.07, 6.45) is 0. The Hall–Kier alpha value is -3.27. The van der Waals surface area contributed by atoms with E-state index in [1.54, 1.807) is 0 Å². The van der Waals surface area contributed by atoms with Gasteiger partial charge >= 0.3 is 0 Å². The van der Waals surface area contributed by atoms with Gasteiger partial charge in [0.2, 0.25) is 5.91 Å². The standard InChI is InChI=1S/C24H27N3O/c1-19-9-8-12-21(15-19)16-26-24(28)17-25-22-13-6-7-14-23(22)27(2)18-20-10-4-3-5-11-20/h3-15,25H,16-18H2,1-2H3,(H,26,28). The van der Waals surface area contributed by atoms with Crippen LogP contribution in [0.5, 0.6) is 0 Å². The quantitative estimate of drug-likeness (QED) is 0.617. The summed E-state index contributed by atoms with van der Waals surface area (Å²) >= 11 is 0. The lowest BCUT2D eigenvalue weighted by Crippen LogP contribution is -2.30. The van der Waals surface area contributed by atoms with Crippen molar-refractivity contribution in [3.8, 4) is 0 Å². The van der Waals surface area contributed by atoms with Gasteiger partial charge in [0, 0.05) is 20.1 Å². The minimum atomic E-state index is -0.0259. The van der Waals surface area contributed by atoms with Crippen molar-refractivity contribution in [1.29, 1.82) is 0 Å². The van der Waals surface area contributed by atoms with Crippen LogP contribution < -0.4 is 15.5 Å². The number of nitrogens with zero attached hydrogens (tertiary/aromatic N) is 1. The minimum absolute atomic E-state index is 0.0259. The van der Waals surface area contributed by atoms with Crippen molar-refractivity contribution in [3.05, 3.63) is 95.6 Å². The van der Waals surface area contributed by atoms with Gasteiger partial charge in [-0.2, -0.15) is 0 Å². The van der Waals surface area contributed by atoms with E-state index in [0.29, 0.717) is 6.54 Å². The van der Waals surface area contributed by atoms with E-state index in [0.717, 1.165) is 23.5 Å². The Morgan fingerprint density at radius 3 is 2.39 bits per heavy atom. The Morgan fingerprint density at radius 1 is 0.893 bits per heavy atom. The van der Waals surface area contributed by atoms with E-state index >= 15 is 0 Å². The summed E-state index contributed by atoms with van der Waals surface area (Å²) in [5.41, 5.74) is 5.57. The van der Waals surface area contributed by atoms with Gasteiger partial charge in [0.05, 0.1) is 17.9 Å². The molecule has 0 radical (unpaired) electrons. The number of para-hydroxylation sites is 2. The predicted molar refractivity (Wildman–Crippen MR) is 117 cm³/mol. The van der Waals surface area contributed by atoms with Gasteiger partial charge in [0.1, 0.15) is 0 Å². The third-order valence-corrected chi connectivity index (χ3v) is 4.59. The Balaban J connectivity index is 1.56. The summed E-state index contributed by atoms with van der Waals surface area (Å²) in [7, 11) is 2.06. The maximum absolute atomic E-state index is 12.3. The van der Waals surface area contributed by atoms with Crippen LogP contribution in [0, 0.1) is 6.92 Å². The normalized spacial score (nSPS) is 10.4. The van der Waals surface area contributed by atoms with Crippen LogP contribution in [0.3, 0.4) is 0 Å². The number of nitrogens with one attached hydrogen (secondary N) is 2. The largest absolute Gasteiger partial charge is 0.374 e. The lowest BCUT2D eigenvalue weighted by atomic mass is 10.1. The first-order valence-electron chi connectivity index (χ1n) is 9.52. The van der Waals surface area contributed by atoms with Gasteiger partial charge in [-0.1, -0.05) is 72.3 Å². The number of carbonyl (C=O) groups is 1. The Bertz CT molecular complexity index is 908. The van der Waals surface area contributed by atoms with Crippen molar-refractivity contribution in [2.75, 3.05) is 23.8 Å². The lowest BCUT2D eigenvalue weighted by molar-refractivity contribution is -0.119. The fraction of sp³-hybridized carbons (Fsp3) is 0.208. The maximum Gasteiger partial charge on any atom is 0.239 e. The second kappa shape index (κ2) is 9.60. The molecular weight excluding hydrogens is 346 g/mol. The summed E-state index contributed by atoms with van der Waals surface area (Å²) in [4.78, 5) is 14.4. The summed E-state index contributed by atoms with van der Waals surface area (Å²) < 4.78 is 0. The molecule has 0 aliphatic heterocycles. The van der Waals surface area contributed by atoms with Gasteiger partial charge in [-0.25, -0.2) is 0 Å². The zero-order valence-corrected chi connectivity index (χ0v) is 16.5. The molecule has 1 amide bonds. The molecule has 0 aliphatic rings. The monoisotopic (exact) mass is 373 g/mol. The summed E-state index contributed by atoms with van der Waals surface area (Å²) in [5.74, 6) is -0.0259. The van der Waals surface area contributed by atoms with Crippen molar-refractivity contribution < 1.29 is 4.79 Å². The fourth-order valence-corrected chi connectivity index (χ4v) is 3.16. The summed E-state index contributed by atoms with van der Waals surface area (Å²) in [6, 6.07) is 26.6. The Labute approximate surface area is 167 Å². The molecule has 0 bridgehead atoms. The smallest absolute Gasteiger partial charge is 0.239 e. The van der Waals surface area contributed by atoms with E-state index < -0.39 is 0 Å². The van der Waals surface area contributed by atoms with E-state index in [4.69, 9.17) is 0 Å². The van der Waals surface area contributed by atoms with Gasteiger partial charge in [0.15, 0.2) is 0 Å². The van der Waals surface area contributed by atoms with Crippen molar-refractivity contribution in [1.82, 2.24) is 5.32 Å². The van der Waals surface area contributed by atoms with Gasteiger partial charge in [-0.05, 0) is 30.2 Å². The van der Waals surface area contributed by atoms with Gasteiger partial charge in [-0.15, -0.1) is 0 Å². The van der Waals surface area contributed by atoms with Crippen molar-refractivity contribution in [2.24, 2.45) is 0 Å². The highest BCUT2D eigenvalue weighted by molar-refractivity contribution is 5.82. The van der Waals surface area contributed by atoms with Crippen molar-refractivity contribution in [3.63, 3.8) is 0 Å². The minimum Gasteiger partial charge on any atom is -0.374 e. The van der Waals surface area contributed by atoms with Crippen LogP contribution >= 0.6 is 0 Å². The van der Waals surface area contributed by atoms with Crippen LogP contribution in [0.1, 0.15) is 16.7 Å². The van der Waals surface area contributed by atoms with Crippen LogP contribution in [0.2, 0.25) is 0 Å². The van der Waals surface area contributed by atoms with Gasteiger partial charge in [-0.3, -0.25) is 4.79 Å². The number of rotatable bonds is 8. The molecule has 144 valence electrons. The second-order valence-electron chi connectivity index (χ2n) is 6.98. The first-order chi connectivity index (χ1) is 13.6. The molecule has 4 heteroatoms. The van der Waals surface area contributed by atoms with Gasteiger partial charge < -0.3 is 15.5 Å². The van der Waals surface area contributed by atoms with E-state index in [1.165, 1.54) is 11.1 Å². The van der Waals surface area contributed by atoms with Crippen LogP contribution in [-0.4, -0.2) is 19.5 Å². The van der Waals surface area contributed by atoms with Gasteiger partial charge in [0.25, 0.3) is 0 Å². The molecule has 0 aromatic heterocycles. The number of amides is 1. The number of anilines is 2. The molecule has 0 fully saturated rings. The summed E-state index contributed by atoms with van der Waals surface area (Å²) in [6.45, 7) is 3.63. The van der Waals surface area contributed by atoms with Crippen LogP contribution in [0.15, 0.2) is 78.9 Å². The molecule has 0 spiro atoms. The van der Waals surface area contributed by atoms with Crippen LogP contribution in [0.25, 0.3) is 0 Å². The number of hydrogen-bond donors (Lipinski definition) is 2. The third kappa shape index (κ3) is 5.61. The molecule has 28 heavy (non-hydrogen) atoms. The maximum atomic E-state index is 12.3.